The van der Waals surface area contributed by atoms with Crippen LogP contribution in [0, 0.1) is 0 Å². The number of piperidine rings is 1. The topological polar surface area (TPSA) is 15.3 Å². The minimum absolute atomic E-state index is 0.718. The molecule has 2 heteroatoms. The third kappa shape index (κ3) is 2.07. The number of benzene rings is 1. The van der Waals surface area contributed by atoms with Gasteiger partial charge in [0.05, 0.1) is 0 Å². The predicted molar refractivity (Wildman–Crippen MR) is 60.7 cm³/mol. The predicted octanol–water partition coefficient (Wildman–Crippen LogP) is 1.87. The Morgan fingerprint density at radius 3 is 2.36 bits per heavy atom. The highest BCUT2D eigenvalue weighted by Crippen LogP contribution is 2.18. The Bertz CT molecular complexity index is 263. The highest BCUT2D eigenvalue weighted by Gasteiger charge is 2.17. The summed E-state index contributed by atoms with van der Waals surface area (Å²) in [5.41, 5.74) is 1.36. The van der Waals surface area contributed by atoms with Gasteiger partial charge in [0.15, 0.2) is 0 Å². The van der Waals surface area contributed by atoms with Crippen molar-refractivity contribution in [3.63, 3.8) is 0 Å². The van der Waals surface area contributed by atoms with Gasteiger partial charge in [-0.15, -0.1) is 0 Å². The van der Waals surface area contributed by atoms with Crippen LogP contribution in [-0.2, 0) is 0 Å². The Kier molecular flexibility index (Phi) is 3.04. The lowest BCUT2D eigenvalue weighted by atomic mass is 10.0. The first kappa shape index (κ1) is 9.53. The molecule has 1 aromatic carbocycles. The van der Waals surface area contributed by atoms with Crippen molar-refractivity contribution < 1.29 is 0 Å². The van der Waals surface area contributed by atoms with Gasteiger partial charge in [-0.2, -0.15) is 0 Å². The zero-order chi connectivity index (χ0) is 9.80. The van der Waals surface area contributed by atoms with Crippen LogP contribution in [0.25, 0.3) is 0 Å². The van der Waals surface area contributed by atoms with E-state index >= 15 is 0 Å². The fourth-order valence-corrected chi connectivity index (χ4v) is 2.07. The van der Waals surface area contributed by atoms with Crippen LogP contribution in [-0.4, -0.2) is 26.2 Å². The number of hydrogen-bond acceptors (Lipinski definition) is 2. The van der Waals surface area contributed by atoms with Crippen molar-refractivity contribution in [3.8, 4) is 0 Å². The summed E-state index contributed by atoms with van der Waals surface area (Å²) in [5.74, 6) is 0. The molecule has 2 rings (SSSR count). The quantitative estimate of drug-likeness (QED) is 0.766. The number of rotatable bonds is 2. The van der Waals surface area contributed by atoms with E-state index in [0.29, 0.717) is 0 Å². The Labute approximate surface area is 85.9 Å². The van der Waals surface area contributed by atoms with Crippen LogP contribution in [0.5, 0.6) is 0 Å². The Morgan fingerprint density at radius 1 is 1.14 bits per heavy atom. The summed E-state index contributed by atoms with van der Waals surface area (Å²) in [6.45, 7) is 2.35. The lowest BCUT2D eigenvalue weighted by Gasteiger charge is -2.33. The van der Waals surface area contributed by atoms with Gasteiger partial charge < -0.3 is 10.2 Å². The van der Waals surface area contributed by atoms with Crippen LogP contribution in [0.15, 0.2) is 30.3 Å². The van der Waals surface area contributed by atoms with Gasteiger partial charge in [-0.3, -0.25) is 0 Å². The van der Waals surface area contributed by atoms with E-state index in [0.717, 1.165) is 6.04 Å². The van der Waals surface area contributed by atoms with Crippen molar-refractivity contribution in [1.82, 2.24) is 5.32 Å². The van der Waals surface area contributed by atoms with Crippen LogP contribution in [0.1, 0.15) is 12.8 Å². The van der Waals surface area contributed by atoms with Crippen LogP contribution >= 0.6 is 0 Å². The summed E-state index contributed by atoms with van der Waals surface area (Å²) >= 11 is 0. The number of nitrogens with one attached hydrogen (secondary N) is 1. The molecule has 1 aliphatic rings. The van der Waals surface area contributed by atoms with E-state index in [1.807, 2.05) is 0 Å². The summed E-state index contributed by atoms with van der Waals surface area (Å²) < 4.78 is 0. The van der Waals surface area contributed by atoms with Crippen LogP contribution in [0.4, 0.5) is 5.69 Å². The van der Waals surface area contributed by atoms with Crippen molar-refractivity contribution in [2.24, 2.45) is 0 Å². The highest BCUT2D eigenvalue weighted by atomic mass is 15.1. The fourth-order valence-electron chi connectivity index (χ4n) is 2.07. The molecule has 1 N–H and O–H groups in total. The molecule has 0 saturated carbocycles. The molecule has 14 heavy (non-hydrogen) atoms. The second-order valence-electron chi connectivity index (χ2n) is 3.89. The molecule has 1 heterocycles. The summed E-state index contributed by atoms with van der Waals surface area (Å²) in [5, 5.41) is 3.35. The molecule has 0 unspecified atom stereocenters. The minimum atomic E-state index is 0.718. The van der Waals surface area contributed by atoms with Crippen molar-refractivity contribution in [3.05, 3.63) is 30.3 Å². The van der Waals surface area contributed by atoms with Crippen LogP contribution < -0.4 is 10.2 Å². The third-order valence-corrected chi connectivity index (χ3v) is 3.02. The first-order chi connectivity index (χ1) is 6.90. The SMILES string of the molecule is CNC1CCN(c2ccccc2)CC1. The number of hydrogen-bond donors (Lipinski definition) is 1. The molecular formula is C12H18N2. The lowest BCUT2D eigenvalue weighted by Crippen LogP contribution is -2.41. The van der Waals surface area contributed by atoms with E-state index in [-0.39, 0.29) is 0 Å². The van der Waals surface area contributed by atoms with Crippen molar-refractivity contribution in [2.45, 2.75) is 18.9 Å². The molecule has 1 aromatic rings. The molecule has 0 aromatic heterocycles. The fraction of sp³-hybridized carbons (Fsp3) is 0.500. The van der Waals surface area contributed by atoms with Gasteiger partial charge in [0.25, 0.3) is 0 Å². The first-order valence-electron chi connectivity index (χ1n) is 5.37. The van der Waals surface area contributed by atoms with Gasteiger partial charge in [-0.1, -0.05) is 18.2 Å². The highest BCUT2D eigenvalue weighted by molar-refractivity contribution is 5.46. The number of anilines is 1. The second-order valence-corrected chi connectivity index (χ2v) is 3.89. The average Bonchev–Trinajstić information content (AvgIpc) is 2.30. The Morgan fingerprint density at radius 2 is 1.79 bits per heavy atom. The summed E-state index contributed by atoms with van der Waals surface area (Å²) in [7, 11) is 2.06. The lowest BCUT2D eigenvalue weighted by molar-refractivity contribution is 0.442. The molecule has 1 aliphatic heterocycles. The monoisotopic (exact) mass is 190 g/mol. The summed E-state index contributed by atoms with van der Waals surface area (Å²) in [6.07, 6.45) is 2.51. The molecule has 2 nitrogen and oxygen atoms in total. The maximum absolute atomic E-state index is 3.35. The number of nitrogens with zero attached hydrogens (tertiary/aromatic N) is 1. The molecule has 0 amide bonds. The zero-order valence-corrected chi connectivity index (χ0v) is 8.74. The van der Waals surface area contributed by atoms with Gasteiger partial charge in [0, 0.05) is 24.8 Å². The Hall–Kier alpha value is -1.02. The summed E-state index contributed by atoms with van der Waals surface area (Å²) in [6, 6.07) is 11.4. The molecular weight excluding hydrogens is 172 g/mol. The van der Waals surface area contributed by atoms with E-state index in [4.69, 9.17) is 0 Å². The molecule has 0 bridgehead atoms. The Balaban J connectivity index is 1.96. The maximum Gasteiger partial charge on any atom is 0.0366 e. The smallest absolute Gasteiger partial charge is 0.0366 e. The van der Waals surface area contributed by atoms with Gasteiger partial charge in [0.2, 0.25) is 0 Å². The van der Waals surface area contributed by atoms with E-state index in [1.165, 1.54) is 31.6 Å². The van der Waals surface area contributed by atoms with Crippen molar-refractivity contribution in [1.29, 1.82) is 0 Å². The van der Waals surface area contributed by atoms with Gasteiger partial charge in [-0.05, 0) is 32.0 Å². The van der Waals surface area contributed by atoms with Crippen LogP contribution in [0.2, 0.25) is 0 Å². The molecule has 0 spiro atoms. The van der Waals surface area contributed by atoms with Crippen molar-refractivity contribution >= 4 is 5.69 Å². The average molecular weight is 190 g/mol. The molecule has 0 radical (unpaired) electrons. The molecule has 1 fully saturated rings. The van der Waals surface area contributed by atoms with E-state index in [2.05, 4.69) is 47.6 Å². The second kappa shape index (κ2) is 4.47. The van der Waals surface area contributed by atoms with Gasteiger partial charge in [0.1, 0.15) is 0 Å². The van der Waals surface area contributed by atoms with E-state index in [9.17, 15) is 0 Å². The first-order valence-corrected chi connectivity index (χ1v) is 5.37. The standard InChI is InChI=1S/C12H18N2/c1-13-11-7-9-14(10-8-11)12-5-3-2-4-6-12/h2-6,11,13H,7-10H2,1H3. The van der Waals surface area contributed by atoms with E-state index < -0.39 is 0 Å². The minimum Gasteiger partial charge on any atom is -0.371 e. The number of para-hydroxylation sites is 1. The van der Waals surface area contributed by atoms with E-state index in [1.54, 1.807) is 0 Å². The molecule has 1 saturated heterocycles. The van der Waals surface area contributed by atoms with Crippen LogP contribution in [0.3, 0.4) is 0 Å². The summed E-state index contributed by atoms with van der Waals surface area (Å²) in [4.78, 5) is 2.47. The van der Waals surface area contributed by atoms with Gasteiger partial charge in [-0.25, -0.2) is 0 Å². The largest absolute Gasteiger partial charge is 0.371 e. The zero-order valence-electron chi connectivity index (χ0n) is 8.74. The molecule has 0 atom stereocenters. The molecule has 0 aliphatic carbocycles. The molecule has 76 valence electrons. The van der Waals surface area contributed by atoms with Crippen molar-refractivity contribution in [2.75, 3.05) is 25.0 Å². The third-order valence-electron chi connectivity index (χ3n) is 3.02. The maximum atomic E-state index is 3.35. The van der Waals surface area contributed by atoms with Gasteiger partial charge >= 0.3 is 0 Å². The normalized spacial score (nSPS) is 18.5.